The zero-order valence-electron chi connectivity index (χ0n) is 15.0. The van der Waals surface area contributed by atoms with Gasteiger partial charge in [-0.25, -0.2) is 0 Å². The highest BCUT2D eigenvalue weighted by Crippen LogP contribution is 2.14. The summed E-state index contributed by atoms with van der Waals surface area (Å²) in [6.07, 6.45) is 25.8. The molecule has 0 fully saturated rings. The molecule has 0 aliphatic rings. The van der Waals surface area contributed by atoms with E-state index >= 15 is 0 Å². The highest BCUT2D eigenvalue weighted by atomic mass is 32.1. The summed E-state index contributed by atoms with van der Waals surface area (Å²) in [7, 11) is 0. The van der Waals surface area contributed by atoms with Crippen molar-refractivity contribution in [1.82, 2.24) is 0 Å². The van der Waals surface area contributed by atoms with Crippen molar-refractivity contribution in [3.63, 3.8) is 0 Å². The maximum absolute atomic E-state index is 4.25. The monoisotopic (exact) mass is 346 g/mol. The number of thiol groups is 2. The van der Waals surface area contributed by atoms with Gasteiger partial charge in [-0.1, -0.05) is 103 Å². The number of unbranched alkanes of at least 4 members (excludes halogenated alkanes) is 17. The van der Waals surface area contributed by atoms with Gasteiger partial charge in [0.1, 0.15) is 0 Å². The molecule has 0 bridgehead atoms. The predicted molar refractivity (Wildman–Crippen MR) is 111 cm³/mol. The van der Waals surface area contributed by atoms with Crippen LogP contribution in [0.2, 0.25) is 0 Å². The molecular formula is C20H42S2. The van der Waals surface area contributed by atoms with Gasteiger partial charge < -0.3 is 0 Å². The van der Waals surface area contributed by atoms with Crippen LogP contribution in [0.15, 0.2) is 0 Å². The van der Waals surface area contributed by atoms with Gasteiger partial charge in [0.15, 0.2) is 0 Å². The van der Waals surface area contributed by atoms with Crippen LogP contribution in [0, 0.1) is 0 Å². The fourth-order valence-corrected chi connectivity index (χ4v) is 3.50. The molecule has 0 spiro atoms. The summed E-state index contributed by atoms with van der Waals surface area (Å²) in [4.78, 5) is 0. The Morgan fingerprint density at radius 2 is 0.364 bits per heavy atom. The SMILES string of the molecule is SCCCCCCCCCCCCCCCCCCCCS. The Kier molecular flexibility index (Phi) is 22.4. The summed E-state index contributed by atoms with van der Waals surface area (Å²) in [5.41, 5.74) is 0. The van der Waals surface area contributed by atoms with E-state index in [4.69, 9.17) is 0 Å². The Morgan fingerprint density at radius 1 is 0.227 bits per heavy atom. The lowest BCUT2D eigenvalue weighted by Crippen LogP contribution is -1.84. The van der Waals surface area contributed by atoms with Crippen molar-refractivity contribution in [3.8, 4) is 0 Å². The van der Waals surface area contributed by atoms with Gasteiger partial charge in [-0.15, -0.1) is 0 Å². The third-order valence-electron chi connectivity index (χ3n) is 4.57. The molecule has 0 nitrogen and oxygen atoms in total. The van der Waals surface area contributed by atoms with Crippen molar-refractivity contribution in [1.29, 1.82) is 0 Å². The molecule has 0 N–H and O–H groups in total. The molecule has 0 aliphatic carbocycles. The second-order valence-electron chi connectivity index (χ2n) is 6.81. The van der Waals surface area contributed by atoms with Gasteiger partial charge >= 0.3 is 0 Å². The van der Waals surface area contributed by atoms with Crippen LogP contribution in [0.25, 0.3) is 0 Å². The summed E-state index contributed by atoms with van der Waals surface area (Å²) >= 11 is 8.51. The highest BCUT2D eigenvalue weighted by Gasteiger charge is 1.94. The maximum atomic E-state index is 4.25. The maximum Gasteiger partial charge on any atom is -0.00979 e. The minimum atomic E-state index is 1.07. The Balaban J connectivity index is 2.91. The van der Waals surface area contributed by atoms with Crippen molar-refractivity contribution in [3.05, 3.63) is 0 Å². The molecule has 0 aromatic carbocycles. The molecule has 0 atom stereocenters. The lowest BCUT2D eigenvalue weighted by Gasteiger charge is -2.03. The summed E-state index contributed by atoms with van der Waals surface area (Å²) in [5.74, 6) is 2.13. The van der Waals surface area contributed by atoms with Crippen LogP contribution in [0.3, 0.4) is 0 Å². The van der Waals surface area contributed by atoms with Crippen LogP contribution in [-0.2, 0) is 0 Å². The highest BCUT2D eigenvalue weighted by molar-refractivity contribution is 7.80. The van der Waals surface area contributed by atoms with E-state index in [2.05, 4.69) is 25.3 Å². The largest absolute Gasteiger partial charge is 0.179 e. The molecule has 0 aliphatic heterocycles. The second-order valence-corrected chi connectivity index (χ2v) is 7.71. The average molecular weight is 347 g/mol. The first-order chi connectivity index (χ1) is 10.9. The van der Waals surface area contributed by atoms with Crippen LogP contribution in [0.1, 0.15) is 116 Å². The molecule has 0 unspecified atom stereocenters. The van der Waals surface area contributed by atoms with E-state index in [1.165, 1.54) is 116 Å². The Morgan fingerprint density at radius 3 is 0.500 bits per heavy atom. The summed E-state index contributed by atoms with van der Waals surface area (Å²) in [5, 5.41) is 0. The minimum Gasteiger partial charge on any atom is -0.179 e. The first-order valence-electron chi connectivity index (χ1n) is 10.1. The van der Waals surface area contributed by atoms with Crippen molar-refractivity contribution < 1.29 is 0 Å². The quantitative estimate of drug-likeness (QED) is 0.172. The standard InChI is InChI=1S/C20H42S2/c21-19-17-15-13-11-9-7-5-3-1-2-4-6-8-10-12-14-16-18-20-22/h21-22H,1-20H2. The van der Waals surface area contributed by atoms with Gasteiger partial charge in [-0.2, -0.15) is 25.3 Å². The number of rotatable bonds is 19. The van der Waals surface area contributed by atoms with Gasteiger partial charge in [0, 0.05) is 0 Å². The second kappa shape index (κ2) is 21.7. The lowest BCUT2D eigenvalue weighted by atomic mass is 10.0. The van der Waals surface area contributed by atoms with Crippen molar-refractivity contribution in [2.24, 2.45) is 0 Å². The smallest absolute Gasteiger partial charge is 0.00979 e. The Hall–Kier alpha value is 0.700. The Bertz CT molecular complexity index is 163. The molecule has 0 heterocycles. The molecule has 22 heavy (non-hydrogen) atoms. The third kappa shape index (κ3) is 20.7. The molecule has 0 saturated heterocycles. The van der Waals surface area contributed by atoms with Crippen LogP contribution < -0.4 is 0 Å². The summed E-state index contributed by atoms with van der Waals surface area (Å²) < 4.78 is 0. The van der Waals surface area contributed by atoms with E-state index in [0.717, 1.165) is 11.5 Å². The van der Waals surface area contributed by atoms with E-state index in [-0.39, 0.29) is 0 Å². The van der Waals surface area contributed by atoms with Crippen molar-refractivity contribution in [2.75, 3.05) is 11.5 Å². The van der Waals surface area contributed by atoms with Crippen LogP contribution >= 0.6 is 25.3 Å². The number of hydrogen-bond acceptors (Lipinski definition) is 2. The lowest BCUT2D eigenvalue weighted by molar-refractivity contribution is 0.527. The fraction of sp³-hybridized carbons (Fsp3) is 1.00. The molecule has 0 rings (SSSR count). The topological polar surface area (TPSA) is 0 Å². The van der Waals surface area contributed by atoms with E-state index < -0.39 is 0 Å². The molecule has 2 heteroatoms. The molecule has 0 aromatic heterocycles. The fourth-order valence-electron chi connectivity index (χ4n) is 3.05. The molecule has 0 aromatic rings. The van der Waals surface area contributed by atoms with Gasteiger partial charge in [-0.3, -0.25) is 0 Å². The molecular weight excluding hydrogens is 304 g/mol. The minimum absolute atomic E-state index is 1.07. The predicted octanol–water partition coefficient (Wildman–Crippen LogP) is 7.87. The van der Waals surface area contributed by atoms with Crippen LogP contribution in [0.4, 0.5) is 0 Å². The van der Waals surface area contributed by atoms with Gasteiger partial charge in [0.05, 0.1) is 0 Å². The Labute approximate surface area is 152 Å². The van der Waals surface area contributed by atoms with E-state index in [0.29, 0.717) is 0 Å². The van der Waals surface area contributed by atoms with Crippen LogP contribution in [-0.4, -0.2) is 11.5 Å². The average Bonchev–Trinajstić information content (AvgIpc) is 2.54. The van der Waals surface area contributed by atoms with E-state index in [9.17, 15) is 0 Å². The molecule has 0 amide bonds. The van der Waals surface area contributed by atoms with Gasteiger partial charge in [0.2, 0.25) is 0 Å². The summed E-state index contributed by atoms with van der Waals surface area (Å²) in [6.45, 7) is 0. The third-order valence-corrected chi connectivity index (χ3v) is 5.20. The first kappa shape index (κ1) is 22.7. The molecule has 134 valence electrons. The van der Waals surface area contributed by atoms with E-state index in [1.54, 1.807) is 0 Å². The van der Waals surface area contributed by atoms with Gasteiger partial charge in [0.25, 0.3) is 0 Å². The van der Waals surface area contributed by atoms with Gasteiger partial charge in [-0.05, 0) is 24.3 Å². The zero-order chi connectivity index (χ0) is 16.1. The van der Waals surface area contributed by atoms with Crippen LogP contribution in [0.5, 0.6) is 0 Å². The number of hydrogen-bond donors (Lipinski definition) is 2. The van der Waals surface area contributed by atoms with E-state index in [1.807, 2.05) is 0 Å². The first-order valence-corrected chi connectivity index (χ1v) is 11.4. The zero-order valence-corrected chi connectivity index (χ0v) is 16.8. The summed E-state index contributed by atoms with van der Waals surface area (Å²) in [6, 6.07) is 0. The van der Waals surface area contributed by atoms with Crippen molar-refractivity contribution in [2.45, 2.75) is 116 Å². The molecule has 0 saturated carbocycles. The normalized spacial score (nSPS) is 11.2. The molecule has 0 radical (unpaired) electrons. The van der Waals surface area contributed by atoms with Crippen molar-refractivity contribution >= 4 is 25.3 Å².